The SMILES string of the molecule is [O-][N+]([O-])=C1C=CC(=C2NN=C3S[C@@H](c4ccccc4)NN32)C=C1. The minimum atomic E-state index is -0.409. The maximum absolute atomic E-state index is 10.8. The van der Waals surface area contributed by atoms with E-state index in [9.17, 15) is 10.4 Å². The van der Waals surface area contributed by atoms with Crippen molar-refractivity contribution in [3.8, 4) is 0 Å². The lowest BCUT2D eigenvalue weighted by Crippen LogP contribution is -2.34. The summed E-state index contributed by atoms with van der Waals surface area (Å²) in [5, 5.41) is 28.6. The van der Waals surface area contributed by atoms with Gasteiger partial charge in [0.2, 0.25) is 10.9 Å². The van der Waals surface area contributed by atoms with E-state index in [0.717, 1.165) is 22.1 Å². The van der Waals surface area contributed by atoms with E-state index >= 15 is 0 Å². The van der Waals surface area contributed by atoms with Crippen LogP contribution in [0.1, 0.15) is 10.9 Å². The molecule has 2 N–H and O–H groups in total. The topological polar surface area (TPSA) is 88.8 Å². The zero-order valence-corrected chi connectivity index (χ0v) is 12.7. The molecule has 1 aliphatic carbocycles. The smallest absolute Gasteiger partial charge is 0.222 e. The first-order valence-corrected chi connectivity index (χ1v) is 7.84. The molecule has 0 amide bonds. The molecule has 1 atom stereocenters. The van der Waals surface area contributed by atoms with Gasteiger partial charge in [0.15, 0.2) is 5.82 Å². The fourth-order valence-corrected chi connectivity index (χ4v) is 3.46. The molecule has 4 rings (SSSR count). The second kappa shape index (κ2) is 5.49. The number of fused-ring (bicyclic) bond motifs is 1. The Labute approximate surface area is 136 Å². The average Bonchev–Trinajstić information content (AvgIpc) is 3.16. The van der Waals surface area contributed by atoms with E-state index in [1.165, 1.54) is 12.2 Å². The lowest BCUT2D eigenvalue weighted by atomic mass is 10.1. The van der Waals surface area contributed by atoms with Crippen molar-refractivity contribution < 1.29 is 4.90 Å². The molecule has 0 unspecified atom stereocenters. The molecular formula is C15H12N5O2S-. The second-order valence-corrected chi connectivity index (χ2v) is 6.10. The molecule has 2 aliphatic heterocycles. The largest absolute Gasteiger partial charge is 0.612 e. The van der Waals surface area contributed by atoms with Crippen LogP contribution in [0.5, 0.6) is 0 Å². The van der Waals surface area contributed by atoms with Crippen LogP contribution in [-0.4, -0.2) is 20.8 Å². The Morgan fingerprint density at radius 2 is 1.83 bits per heavy atom. The molecule has 8 heteroatoms. The van der Waals surface area contributed by atoms with Crippen LogP contribution >= 0.6 is 11.8 Å². The van der Waals surface area contributed by atoms with E-state index < -0.39 is 4.90 Å². The summed E-state index contributed by atoms with van der Waals surface area (Å²) in [4.78, 5) is -0.409. The zero-order chi connectivity index (χ0) is 15.8. The first-order chi connectivity index (χ1) is 11.2. The number of hydrazone groups is 1. The third-order valence-electron chi connectivity index (χ3n) is 3.60. The number of nitrogens with one attached hydrogen (secondary N) is 2. The van der Waals surface area contributed by atoms with Crippen molar-refractivity contribution in [1.82, 2.24) is 15.9 Å². The first-order valence-electron chi connectivity index (χ1n) is 6.96. The summed E-state index contributed by atoms with van der Waals surface area (Å²) >= 11 is 1.61. The van der Waals surface area contributed by atoms with E-state index in [4.69, 9.17) is 0 Å². The van der Waals surface area contributed by atoms with Gasteiger partial charge in [0.05, 0.1) is 0 Å². The van der Waals surface area contributed by atoms with Gasteiger partial charge in [0.25, 0.3) is 0 Å². The van der Waals surface area contributed by atoms with Gasteiger partial charge in [0, 0.05) is 17.7 Å². The lowest BCUT2D eigenvalue weighted by molar-refractivity contribution is -0.377. The fourth-order valence-electron chi connectivity index (χ4n) is 2.45. The molecule has 116 valence electrons. The van der Waals surface area contributed by atoms with Gasteiger partial charge in [-0.1, -0.05) is 42.1 Å². The van der Waals surface area contributed by atoms with Crippen LogP contribution < -0.4 is 10.9 Å². The molecule has 0 spiro atoms. The molecule has 1 fully saturated rings. The molecule has 2 heterocycles. The van der Waals surface area contributed by atoms with Crippen LogP contribution in [-0.2, 0) is 0 Å². The minimum absolute atomic E-state index is 0.0689. The van der Waals surface area contributed by atoms with Gasteiger partial charge in [-0.3, -0.25) is 5.43 Å². The highest BCUT2D eigenvalue weighted by atomic mass is 32.2. The number of hydrogen-bond acceptors (Lipinski definition) is 7. The summed E-state index contributed by atoms with van der Waals surface area (Å²) in [6.07, 6.45) is 6.39. The van der Waals surface area contributed by atoms with Crippen molar-refractivity contribution in [2.24, 2.45) is 5.10 Å². The third kappa shape index (κ3) is 2.47. The van der Waals surface area contributed by atoms with E-state index in [1.807, 2.05) is 23.2 Å². The lowest BCUT2D eigenvalue weighted by Gasteiger charge is -2.18. The summed E-state index contributed by atoms with van der Waals surface area (Å²) < 4.78 is 0. The minimum Gasteiger partial charge on any atom is -0.612 e. The van der Waals surface area contributed by atoms with Crippen LogP contribution in [0.3, 0.4) is 0 Å². The summed E-state index contributed by atoms with van der Waals surface area (Å²) in [5.74, 6) is 0.765. The van der Waals surface area contributed by atoms with E-state index in [0.29, 0.717) is 0 Å². The number of hydrazine groups is 1. The van der Waals surface area contributed by atoms with Crippen molar-refractivity contribution in [1.29, 1.82) is 0 Å². The fraction of sp³-hybridized carbons (Fsp3) is 0.0667. The van der Waals surface area contributed by atoms with Gasteiger partial charge in [-0.25, -0.2) is 10.4 Å². The van der Waals surface area contributed by atoms with Gasteiger partial charge in [0.1, 0.15) is 5.37 Å². The van der Waals surface area contributed by atoms with Gasteiger partial charge < -0.3 is 10.4 Å². The van der Waals surface area contributed by atoms with Crippen molar-refractivity contribution in [2.75, 3.05) is 0 Å². The summed E-state index contributed by atoms with van der Waals surface area (Å²) in [6.45, 7) is 0. The predicted octanol–water partition coefficient (Wildman–Crippen LogP) is 1.90. The van der Waals surface area contributed by atoms with Crippen molar-refractivity contribution >= 4 is 22.6 Å². The Morgan fingerprint density at radius 3 is 2.52 bits per heavy atom. The van der Waals surface area contributed by atoms with Gasteiger partial charge in [-0.05, 0) is 17.7 Å². The monoisotopic (exact) mass is 326 g/mol. The van der Waals surface area contributed by atoms with Crippen molar-refractivity contribution in [2.45, 2.75) is 5.37 Å². The Kier molecular flexibility index (Phi) is 3.32. The average molecular weight is 326 g/mol. The quantitative estimate of drug-likeness (QED) is 0.605. The normalized spacial score (nSPS) is 22.3. The van der Waals surface area contributed by atoms with Crippen LogP contribution in [0.15, 0.2) is 71.1 Å². The Morgan fingerprint density at radius 1 is 1.09 bits per heavy atom. The molecule has 3 aliphatic rings. The Bertz CT molecular complexity index is 775. The Hall–Kier alpha value is -2.71. The van der Waals surface area contributed by atoms with Crippen LogP contribution in [0.25, 0.3) is 0 Å². The first kappa shape index (κ1) is 13.9. The number of amidine groups is 1. The van der Waals surface area contributed by atoms with Gasteiger partial charge in [-0.15, -0.1) is 5.10 Å². The van der Waals surface area contributed by atoms with Crippen molar-refractivity contribution in [3.63, 3.8) is 0 Å². The number of allylic oxidation sites excluding steroid dienone is 5. The molecule has 7 nitrogen and oxygen atoms in total. The molecule has 0 saturated carbocycles. The number of thioether (sulfide) groups is 1. The molecule has 1 aromatic rings. The summed E-state index contributed by atoms with van der Waals surface area (Å²) in [7, 11) is 0. The molecule has 0 bridgehead atoms. The predicted molar refractivity (Wildman–Crippen MR) is 89.6 cm³/mol. The molecule has 0 radical (unpaired) electrons. The van der Waals surface area contributed by atoms with Crippen LogP contribution in [0, 0.1) is 10.4 Å². The van der Waals surface area contributed by atoms with E-state index in [-0.39, 0.29) is 11.1 Å². The van der Waals surface area contributed by atoms with Crippen LogP contribution in [0.4, 0.5) is 0 Å². The van der Waals surface area contributed by atoms with Gasteiger partial charge >= 0.3 is 0 Å². The maximum Gasteiger partial charge on any atom is 0.222 e. The number of benzene rings is 1. The molecule has 0 aromatic heterocycles. The van der Waals surface area contributed by atoms with Crippen LogP contribution in [0.2, 0.25) is 0 Å². The molecule has 1 aromatic carbocycles. The second-order valence-electron chi connectivity index (χ2n) is 5.03. The number of rotatable bonds is 1. The third-order valence-corrected chi connectivity index (χ3v) is 4.69. The molecule has 23 heavy (non-hydrogen) atoms. The Balaban J connectivity index is 1.59. The summed E-state index contributed by atoms with van der Waals surface area (Å²) in [6, 6.07) is 10.1. The zero-order valence-electron chi connectivity index (χ0n) is 11.8. The standard InChI is InChI=1S/C15H12N5O2S/c21-20(22)12-8-6-10(7-9-12)13-16-17-15-19(13)18-14(23-15)11-4-2-1-3-5-11/h1-9,14,16,18H/q-1/t14-/m0/s1. The summed E-state index contributed by atoms with van der Waals surface area (Å²) in [5.41, 5.74) is 8.42. The van der Waals surface area contributed by atoms with Gasteiger partial charge in [-0.2, -0.15) is 4.90 Å². The number of nitrogens with zero attached hydrogens (tertiary/aromatic N) is 3. The van der Waals surface area contributed by atoms with Crippen molar-refractivity contribution in [3.05, 3.63) is 82.0 Å². The van der Waals surface area contributed by atoms with E-state index in [2.05, 4.69) is 28.1 Å². The highest BCUT2D eigenvalue weighted by molar-refractivity contribution is 8.14. The van der Waals surface area contributed by atoms with E-state index in [1.54, 1.807) is 23.9 Å². The highest BCUT2D eigenvalue weighted by Gasteiger charge is 2.36. The number of hydrogen-bond donors (Lipinski definition) is 2. The highest BCUT2D eigenvalue weighted by Crippen LogP contribution is 2.38. The molecular weight excluding hydrogens is 314 g/mol. The molecule has 1 saturated heterocycles. The maximum atomic E-state index is 10.8.